The number of carbonyl (C=O) groups is 1. The van der Waals surface area contributed by atoms with Crippen molar-refractivity contribution in [2.75, 3.05) is 11.9 Å². The van der Waals surface area contributed by atoms with Crippen LogP contribution >= 0.6 is 11.6 Å². The maximum absolute atomic E-state index is 14.1. The molecule has 0 bridgehead atoms. The molecule has 150 valence electrons. The molecule has 0 radical (unpaired) electrons. The van der Waals surface area contributed by atoms with Crippen LogP contribution in [-0.2, 0) is 0 Å². The maximum atomic E-state index is 14.1. The third kappa shape index (κ3) is 4.62. The average Bonchev–Trinajstić information content (AvgIpc) is 2.68. The summed E-state index contributed by atoms with van der Waals surface area (Å²) < 4.78 is 27.2. The number of carbonyl (C=O) groups excluding carboxylic acids is 1. The highest BCUT2D eigenvalue weighted by molar-refractivity contribution is 6.34. The number of amides is 1. The minimum Gasteiger partial charge on any atom is -0.373 e. The molecule has 0 heterocycles. The SMILES string of the molecule is CN(c1ccc(Cl)c(C(=O)NC(O)C2CCCCC2)c1)c1ccc(F)cc1F. The molecule has 4 nitrogen and oxygen atoms in total. The summed E-state index contributed by atoms with van der Waals surface area (Å²) in [5.74, 6) is -1.83. The van der Waals surface area contributed by atoms with E-state index >= 15 is 0 Å². The van der Waals surface area contributed by atoms with E-state index in [1.54, 1.807) is 13.1 Å². The zero-order valence-electron chi connectivity index (χ0n) is 15.6. The normalized spacial score (nSPS) is 15.9. The van der Waals surface area contributed by atoms with E-state index in [0.717, 1.165) is 38.2 Å². The molecule has 2 aromatic rings. The standard InChI is InChI=1S/C21H23ClF2N2O2/c1-26(19-10-7-14(23)11-18(19)24)15-8-9-17(22)16(12-15)21(28)25-20(27)13-5-3-2-4-6-13/h7-13,20,27H,2-6H2,1H3,(H,25,28). The second-order valence-electron chi connectivity index (χ2n) is 7.14. The quantitative estimate of drug-likeness (QED) is 0.683. The largest absolute Gasteiger partial charge is 0.373 e. The van der Waals surface area contributed by atoms with Gasteiger partial charge < -0.3 is 15.3 Å². The zero-order valence-corrected chi connectivity index (χ0v) is 16.3. The molecule has 0 aliphatic heterocycles. The van der Waals surface area contributed by atoms with Crippen LogP contribution in [-0.4, -0.2) is 24.3 Å². The van der Waals surface area contributed by atoms with Gasteiger partial charge in [-0.25, -0.2) is 8.78 Å². The molecule has 0 aromatic heterocycles. The van der Waals surface area contributed by atoms with E-state index in [2.05, 4.69) is 5.32 Å². The van der Waals surface area contributed by atoms with Gasteiger partial charge in [-0.05, 0) is 43.2 Å². The van der Waals surface area contributed by atoms with Gasteiger partial charge in [0.25, 0.3) is 5.91 Å². The monoisotopic (exact) mass is 408 g/mol. The first kappa shape index (κ1) is 20.6. The minimum atomic E-state index is -0.931. The van der Waals surface area contributed by atoms with Crippen molar-refractivity contribution >= 4 is 28.9 Å². The minimum absolute atomic E-state index is 0.0376. The summed E-state index contributed by atoms with van der Waals surface area (Å²) in [6, 6.07) is 7.99. The summed E-state index contributed by atoms with van der Waals surface area (Å²) in [6.07, 6.45) is 4.06. The Kier molecular flexibility index (Phi) is 6.52. The molecule has 28 heavy (non-hydrogen) atoms. The second-order valence-corrected chi connectivity index (χ2v) is 7.54. The van der Waals surface area contributed by atoms with Crippen molar-refractivity contribution in [1.82, 2.24) is 5.32 Å². The molecule has 0 spiro atoms. The molecular weight excluding hydrogens is 386 g/mol. The Morgan fingerprint density at radius 1 is 1.18 bits per heavy atom. The van der Waals surface area contributed by atoms with Crippen molar-refractivity contribution in [3.63, 3.8) is 0 Å². The highest BCUT2D eigenvalue weighted by Crippen LogP contribution is 2.30. The first-order valence-corrected chi connectivity index (χ1v) is 9.72. The number of aliphatic hydroxyl groups is 1. The molecule has 2 aromatic carbocycles. The first-order valence-electron chi connectivity index (χ1n) is 9.34. The lowest BCUT2D eigenvalue weighted by molar-refractivity contribution is 0.0463. The number of benzene rings is 2. The van der Waals surface area contributed by atoms with Gasteiger partial charge in [0.1, 0.15) is 17.9 Å². The topological polar surface area (TPSA) is 52.6 Å². The molecule has 0 saturated heterocycles. The lowest BCUT2D eigenvalue weighted by Gasteiger charge is -2.27. The van der Waals surface area contributed by atoms with Crippen LogP contribution in [0.5, 0.6) is 0 Å². The van der Waals surface area contributed by atoms with E-state index in [4.69, 9.17) is 11.6 Å². The van der Waals surface area contributed by atoms with Gasteiger partial charge in [0.05, 0.1) is 16.3 Å². The Bertz CT molecular complexity index is 856. The van der Waals surface area contributed by atoms with E-state index in [-0.39, 0.29) is 22.2 Å². The number of nitrogens with one attached hydrogen (secondary N) is 1. The summed E-state index contributed by atoms with van der Waals surface area (Å²) in [5, 5.41) is 13.2. The van der Waals surface area contributed by atoms with Gasteiger partial charge >= 0.3 is 0 Å². The lowest BCUT2D eigenvalue weighted by Crippen LogP contribution is -2.41. The molecule has 1 aliphatic carbocycles. The lowest BCUT2D eigenvalue weighted by atomic mass is 9.88. The van der Waals surface area contributed by atoms with Crippen molar-refractivity contribution in [2.45, 2.75) is 38.3 Å². The van der Waals surface area contributed by atoms with Gasteiger partial charge in [-0.1, -0.05) is 30.9 Å². The summed E-state index contributed by atoms with van der Waals surface area (Å²) in [6.45, 7) is 0. The molecule has 7 heteroatoms. The average molecular weight is 409 g/mol. The molecule has 1 fully saturated rings. The van der Waals surface area contributed by atoms with E-state index in [0.29, 0.717) is 5.69 Å². The van der Waals surface area contributed by atoms with Gasteiger partial charge in [0.2, 0.25) is 0 Å². The molecular formula is C21H23ClF2N2O2. The fraction of sp³-hybridized carbons (Fsp3) is 0.381. The number of hydrogen-bond acceptors (Lipinski definition) is 3. The molecule has 1 amide bonds. The smallest absolute Gasteiger partial charge is 0.254 e. The number of nitrogens with zero attached hydrogens (tertiary/aromatic N) is 1. The molecule has 1 unspecified atom stereocenters. The molecule has 2 N–H and O–H groups in total. The van der Waals surface area contributed by atoms with Crippen LogP contribution in [0, 0.1) is 17.6 Å². The Balaban J connectivity index is 1.79. The van der Waals surface area contributed by atoms with Crippen molar-refractivity contribution in [3.8, 4) is 0 Å². The fourth-order valence-electron chi connectivity index (χ4n) is 3.57. The van der Waals surface area contributed by atoms with Crippen LogP contribution in [0.1, 0.15) is 42.5 Å². The Labute approximate surface area is 168 Å². The maximum Gasteiger partial charge on any atom is 0.254 e. The van der Waals surface area contributed by atoms with Gasteiger partial charge in [0, 0.05) is 24.7 Å². The summed E-state index contributed by atoms with van der Waals surface area (Å²) in [4.78, 5) is 14.1. The number of aliphatic hydroxyl groups excluding tert-OH is 1. The predicted molar refractivity (Wildman–Crippen MR) is 106 cm³/mol. The van der Waals surface area contributed by atoms with Crippen LogP contribution in [0.3, 0.4) is 0 Å². The van der Waals surface area contributed by atoms with Crippen molar-refractivity contribution in [3.05, 3.63) is 58.6 Å². The number of rotatable bonds is 5. The van der Waals surface area contributed by atoms with Crippen LogP contribution in [0.4, 0.5) is 20.2 Å². The highest BCUT2D eigenvalue weighted by Gasteiger charge is 2.24. The Morgan fingerprint density at radius 3 is 2.57 bits per heavy atom. The van der Waals surface area contributed by atoms with Crippen LogP contribution < -0.4 is 10.2 Å². The van der Waals surface area contributed by atoms with Gasteiger partial charge in [0.15, 0.2) is 0 Å². The molecule has 1 saturated carbocycles. The molecule has 3 rings (SSSR count). The predicted octanol–water partition coefficient (Wildman–Crippen LogP) is 5.01. The van der Waals surface area contributed by atoms with Crippen molar-refractivity contribution in [1.29, 1.82) is 0 Å². The van der Waals surface area contributed by atoms with Crippen LogP contribution in [0.25, 0.3) is 0 Å². The van der Waals surface area contributed by atoms with E-state index in [9.17, 15) is 18.7 Å². The first-order chi connectivity index (χ1) is 13.4. The van der Waals surface area contributed by atoms with Crippen molar-refractivity contribution in [2.24, 2.45) is 5.92 Å². The summed E-state index contributed by atoms with van der Waals surface area (Å²) >= 11 is 6.18. The summed E-state index contributed by atoms with van der Waals surface area (Å²) in [7, 11) is 1.61. The van der Waals surface area contributed by atoms with Gasteiger partial charge in [-0.3, -0.25) is 4.79 Å². The number of halogens is 3. The third-order valence-corrected chi connectivity index (χ3v) is 5.56. The van der Waals surface area contributed by atoms with E-state index in [1.165, 1.54) is 29.2 Å². The number of hydrogen-bond donors (Lipinski definition) is 2. The Hall–Kier alpha value is -2.18. The zero-order chi connectivity index (χ0) is 20.3. The van der Waals surface area contributed by atoms with E-state index < -0.39 is 23.8 Å². The van der Waals surface area contributed by atoms with Gasteiger partial charge in [-0.15, -0.1) is 0 Å². The van der Waals surface area contributed by atoms with Crippen LogP contribution in [0.15, 0.2) is 36.4 Å². The van der Waals surface area contributed by atoms with Gasteiger partial charge in [-0.2, -0.15) is 0 Å². The van der Waals surface area contributed by atoms with E-state index in [1.807, 2.05) is 0 Å². The Morgan fingerprint density at radius 2 is 1.89 bits per heavy atom. The number of anilines is 2. The summed E-state index contributed by atoms with van der Waals surface area (Å²) in [5.41, 5.74) is 0.855. The molecule has 1 aliphatic rings. The fourth-order valence-corrected chi connectivity index (χ4v) is 3.77. The highest BCUT2D eigenvalue weighted by atomic mass is 35.5. The second kappa shape index (κ2) is 8.88. The molecule has 1 atom stereocenters. The van der Waals surface area contributed by atoms with Crippen LogP contribution in [0.2, 0.25) is 5.02 Å². The third-order valence-electron chi connectivity index (χ3n) is 5.23. The van der Waals surface area contributed by atoms with Crippen molar-refractivity contribution < 1.29 is 18.7 Å².